The van der Waals surface area contributed by atoms with Gasteiger partial charge in [-0.2, -0.15) is 13.2 Å². The first-order chi connectivity index (χ1) is 16.3. The summed E-state index contributed by atoms with van der Waals surface area (Å²) in [6.07, 6.45) is -5.90. The van der Waals surface area contributed by atoms with Crippen LogP contribution in [0.3, 0.4) is 0 Å². The topological polar surface area (TPSA) is 74.3 Å². The zero-order chi connectivity index (χ0) is 26.2. The number of anilines is 1. The van der Waals surface area contributed by atoms with Gasteiger partial charge in [-0.05, 0) is 51.1 Å². The monoisotopic (exact) mass is 497 g/mol. The summed E-state index contributed by atoms with van der Waals surface area (Å²) in [5.74, 6) is 0.0354. The fourth-order valence-electron chi connectivity index (χ4n) is 2.96. The van der Waals surface area contributed by atoms with Gasteiger partial charge in [0, 0.05) is 25.3 Å². The van der Waals surface area contributed by atoms with E-state index in [0.717, 1.165) is 12.1 Å². The highest BCUT2D eigenvalue weighted by atomic mass is 19.4. The molecule has 2 aromatic rings. The van der Waals surface area contributed by atoms with Gasteiger partial charge in [0.15, 0.2) is 0 Å². The van der Waals surface area contributed by atoms with Crippen molar-refractivity contribution in [2.24, 2.45) is 0 Å². The second-order valence-corrected chi connectivity index (χ2v) is 8.69. The third-order valence-corrected chi connectivity index (χ3v) is 4.67. The molecule has 0 aliphatic heterocycles. The van der Waals surface area contributed by atoms with E-state index in [4.69, 9.17) is 18.9 Å². The molecule has 2 aromatic carbocycles. The van der Waals surface area contributed by atoms with Crippen LogP contribution in [0.1, 0.15) is 38.8 Å². The number of nitrogens with zero attached hydrogens (tertiary/aromatic N) is 1. The molecule has 10 heteroatoms. The van der Waals surface area contributed by atoms with Crippen molar-refractivity contribution in [3.63, 3.8) is 0 Å². The minimum atomic E-state index is -4.50. The van der Waals surface area contributed by atoms with E-state index >= 15 is 0 Å². The molecule has 1 atom stereocenters. The lowest BCUT2D eigenvalue weighted by Gasteiger charge is -2.30. The van der Waals surface area contributed by atoms with E-state index in [1.807, 2.05) is 0 Å². The zero-order valence-electron chi connectivity index (χ0n) is 20.3. The van der Waals surface area contributed by atoms with Crippen LogP contribution < -0.4 is 9.64 Å². The van der Waals surface area contributed by atoms with Gasteiger partial charge in [0.05, 0.1) is 12.1 Å². The normalized spacial score (nSPS) is 12.6. The summed E-state index contributed by atoms with van der Waals surface area (Å²) >= 11 is 0. The van der Waals surface area contributed by atoms with Crippen molar-refractivity contribution in [2.45, 2.75) is 52.2 Å². The van der Waals surface area contributed by atoms with Gasteiger partial charge in [0.1, 0.15) is 30.7 Å². The Hall–Kier alpha value is -3.27. The predicted octanol–water partition coefficient (Wildman–Crippen LogP) is 5.60. The first-order valence-electron chi connectivity index (χ1n) is 10.8. The molecule has 0 spiro atoms. The van der Waals surface area contributed by atoms with Crippen LogP contribution in [0.4, 0.5) is 23.7 Å². The molecule has 7 nitrogen and oxygen atoms in total. The molecule has 0 bridgehead atoms. The number of hydrogen-bond donors (Lipinski definition) is 0. The lowest BCUT2D eigenvalue weighted by atomic mass is 10.1. The van der Waals surface area contributed by atoms with Gasteiger partial charge in [-0.3, -0.25) is 9.69 Å². The van der Waals surface area contributed by atoms with Crippen molar-refractivity contribution in [1.29, 1.82) is 0 Å². The molecule has 0 saturated carbocycles. The zero-order valence-corrected chi connectivity index (χ0v) is 20.3. The molecule has 0 aliphatic carbocycles. The summed E-state index contributed by atoms with van der Waals surface area (Å²) in [6, 6.07) is 11.2. The summed E-state index contributed by atoms with van der Waals surface area (Å²) in [5, 5.41) is 0. The van der Waals surface area contributed by atoms with Crippen LogP contribution in [-0.4, -0.2) is 44.0 Å². The van der Waals surface area contributed by atoms with Gasteiger partial charge in [0.25, 0.3) is 0 Å². The Morgan fingerprint density at radius 3 is 2.17 bits per heavy atom. The molecule has 192 valence electrons. The van der Waals surface area contributed by atoms with Crippen LogP contribution in [-0.2, 0) is 31.8 Å². The van der Waals surface area contributed by atoms with Crippen molar-refractivity contribution in [2.75, 3.05) is 25.2 Å². The molecule has 0 N–H and O–H groups in total. The number of benzene rings is 2. The second-order valence-electron chi connectivity index (χ2n) is 8.69. The third-order valence-electron chi connectivity index (χ3n) is 4.67. The molecular formula is C25H30F3NO6. The number of ether oxygens (including phenoxy) is 4. The molecule has 35 heavy (non-hydrogen) atoms. The number of esters is 1. The van der Waals surface area contributed by atoms with E-state index in [1.165, 1.54) is 31.1 Å². The largest absolute Gasteiger partial charge is 0.490 e. The number of halogens is 3. The summed E-state index contributed by atoms with van der Waals surface area (Å²) in [5.41, 5.74) is -0.800. The van der Waals surface area contributed by atoms with Crippen LogP contribution in [0, 0.1) is 0 Å². The van der Waals surface area contributed by atoms with E-state index in [2.05, 4.69) is 0 Å². The maximum absolute atomic E-state index is 13.0. The van der Waals surface area contributed by atoms with E-state index < -0.39 is 35.5 Å². The highest BCUT2D eigenvalue weighted by Gasteiger charge is 2.31. The van der Waals surface area contributed by atoms with Gasteiger partial charge in [-0.25, -0.2) is 4.79 Å². The van der Waals surface area contributed by atoms with Gasteiger partial charge in [-0.1, -0.05) is 18.2 Å². The Morgan fingerprint density at radius 2 is 1.63 bits per heavy atom. The van der Waals surface area contributed by atoms with Gasteiger partial charge in [-0.15, -0.1) is 0 Å². The van der Waals surface area contributed by atoms with Gasteiger partial charge in [0.2, 0.25) is 0 Å². The first kappa shape index (κ1) is 28.0. The Balaban J connectivity index is 2.21. The molecule has 2 rings (SSSR count). The van der Waals surface area contributed by atoms with Crippen LogP contribution in [0.2, 0.25) is 0 Å². The van der Waals surface area contributed by atoms with E-state index in [9.17, 15) is 22.8 Å². The standard InChI is InChI=1S/C25H30F3NO6/c1-17(30)33-15-18-8-6-7-9-22(18)34-16-21(32-5)14-29(23(31)35-24(2,3)4)20-12-10-19(11-13-20)25(26,27)28/h6-13,21H,14-16H2,1-5H3. The molecule has 0 aromatic heterocycles. The number of hydrogen-bond acceptors (Lipinski definition) is 6. The minimum absolute atomic E-state index is 0.00746. The smallest absolute Gasteiger partial charge is 0.416 e. The maximum atomic E-state index is 13.0. The molecule has 1 amide bonds. The third kappa shape index (κ3) is 9.12. The summed E-state index contributed by atoms with van der Waals surface area (Å²) in [4.78, 5) is 25.2. The van der Waals surface area contributed by atoms with Crippen molar-refractivity contribution < 1.29 is 41.7 Å². The molecule has 1 unspecified atom stereocenters. The van der Waals surface area contributed by atoms with E-state index in [1.54, 1.807) is 45.0 Å². The van der Waals surface area contributed by atoms with Crippen molar-refractivity contribution in [3.8, 4) is 5.75 Å². The van der Waals surface area contributed by atoms with Crippen molar-refractivity contribution >= 4 is 17.7 Å². The summed E-state index contributed by atoms with van der Waals surface area (Å²) < 4.78 is 60.8. The van der Waals surface area contributed by atoms with Crippen LogP contribution in [0.5, 0.6) is 5.75 Å². The van der Waals surface area contributed by atoms with Crippen LogP contribution >= 0.6 is 0 Å². The molecular weight excluding hydrogens is 467 g/mol. The average Bonchev–Trinajstić information content (AvgIpc) is 2.76. The van der Waals surface area contributed by atoms with Crippen molar-refractivity contribution in [3.05, 3.63) is 59.7 Å². The molecule has 0 fully saturated rings. The van der Waals surface area contributed by atoms with Gasteiger partial charge < -0.3 is 18.9 Å². The SMILES string of the molecule is COC(COc1ccccc1COC(C)=O)CN(C(=O)OC(C)(C)C)c1ccc(C(F)(F)F)cc1. The lowest BCUT2D eigenvalue weighted by Crippen LogP contribution is -2.43. The fraction of sp³-hybridized carbons (Fsp3) is 0.440. The number of carbonyl (C=O) groups excluding carboxylic acids is 2. The Labute approximate surface area is 202 Å². The minimum Gasteiger partial charge on any atom is -0.490 e. The van der Waals surface area contributed by atoms with Gasteiger partial charge >= 0.3 is 18.2 Å². The summed E-state index contributed by atoms with van der Waals surface area (Å²) in [6.45, 7) is 6.35. The second kappa shape index (κ2) is 11.9. The Bertz CT molecular complexity index is 986. The summed E-state index contributed by atoms with van der Waals surface area (Å²) in [7, 11) is 1.43. The van der Waals surface area contributed by atoms with Crippen LogP contribution in [0.15, 0.2) is 48.5 Å². The molecule has 0 saturated heterocycles. The van der Waals surface area contributed by atoms with Crippen molar-refractivity contribution in [1.82, 2.24) is 0 Å². The maximum Gasteiger partial charge on any atom is 0.416 e. The fourth-order valence-corrected chi connectivity index (χ4v) is 2.96. The number of methoxy groups -OCH3 is 1. The number of rotatable bonds is 9. The average molecular weight is 498 g/mol. The Kier molecular flexibility index (Phi) is 9.53. The number of para-hydroxylation sites is 1. The number of carbonyl (C=O) groups is 2. The molecule has 0 aliphatic rings. The van der Waals surface area contributed by atoms with Crippen LogP contribution in [0.25, 0.3) is 0 Å². The number of amides is 1. The number of alkyl halides is 3. The van der Waals surface area contributed by atoms with E-state index in [-0.39, 0.29) is 25.4 Å². The molecule has 0 heterocycles. The lowest BCUT2D eigenvalue weighted by molar-refractivity contribution is -0.142. The first-order valence-corrected chi connectivity index (χ1v) is 10.8. The Morgan fingerprint density at radius 1 is 1.00 bits per heavy atom. The highest BCUT2D eigenvalue weighted by molar-refractivity contribution is 5.88. The highest BCUT2D eigenvalue weighted by Crippen LogP contribution is 2.31. The predicted molar refractivity (Wildman–Crippen MR) is 123 cm³/mol. The molecule has 0 radical (unpaired) electrons. The van der Waals surface area contributed by atoms with E-state index in [0.29, 0.717) is 11.3 Å². The quantitative estimate of drug-likeness (QED) is 0.420.